The molecule has 4 heteroatoms. The molecule has 1 aliphatic rings. The van der Waals surface area contributed by atoms with Crippen LogP contribution in [0.15, 0.2) is 46.9 Å². The topological polar surface area (TPSA) is 24.5 Å². The summed E-state index contributed by atoms with van der Waals surface area (Å²) in [5.74, 6) is 0.974. The largest absolute Gasteiger partial charge is 0.492 e. The number of hydrogen-bond acceptors (Lipinski definition) is 3. The average Bonchev–Trinajstić information content (AvgIpc) is 2.54. The third kappa shape index (κ3) is 4.14. The highest BCUT2D eigenvalue weighted by Gasteiger charge is 2.21. The van der Waals surface area contributed by atoms with Gasteiger partial charge in [0, 0.05) is 17.6 Å². The van der Waals surface area contributed by atoms with Gasteiger partial charge in [-0.2, -0.15) is 0 Å². The van der Waals surface area contributed by atoms with E-state index in [1.807, 2.05) is 0 Å². The van der Waals surface area contributed by atoms with Gasteiger partial charge in [0.15, 0.2) is 0 Å². The molecule has 1 heterocycles. The number of nitrogens with one attached hydrogen (secondary N) is 1. The number of ether oxygens (including phenoxy) is 1. The number of halogens is 1. The van der Waals surface area contributed by atoms with Gasteiger partial charge < -0.3 is 15.0 Å². The first-order valence-electron chi connectivity index (χ1n) is 8.02. The van der Waals surface area contributed by atoms with Crippen LogP contribution in [0.25, 0.3) is 0 Å². The molecule has 1 N–H and O–H groups in total. The second kappa shape index (κ2) is 7.47. The van der Waals surface area contributed by atoms with Gasteiger partial charge in [0.1, 0.15) is 12.4 Å². The lowest BCUT2D eigenvalue weighted by Gasteiger charge is -2.28. The van der Waals surface area contributed by atoms with Crippen molar-refractivity contribution in [1.82, 2.24) is 10.2 Å². The molecule has 1 aliphatic heterocycles. The van der Waals surface area contributed by atoms with Crippen molar-refractivity contribution in [2.45, 2.75) is 12.5 Å². The van der Waals surface area contributed by atoms with Crippen molar-refractivity contribution in [2.75, 3.05) is 33.8 Å². The van der Waals surface area contributed by atoms with E-state index in [0.29, 0.717) is 0 Å². The molecular weight excluding hydrogens is 352 g/mol. The lowest BCUT2D eigenvalue weighted by atomic mass is 9.90. The molecule has 0 radical (unpaired) electrons. The summed E-state index contributed by atoms with van der Waals surface area (Å²) in [6, 6.07) is 15.3. The van der Waals surface area contributed by atoms with Crippen molar-refractivity contribution in [3.8, 4) is 5.75 Å². The van der Waals surface area contributed by atoms with Gasteiger partial charge in [-0.3, -0.25) is 0 Å². The molecule has 23 heavy (non-hydrogen) atoms. The van der Waals surface area contributed by atoms with Crippen molar-refractivity contribution in [1.29, 1.82) is 0 Å². The lowest BCUT2D eigenvalue weighted by Crippen LogP contribution is -2.30. The van der Waals surface area contributed by atoms with E-state index in [1.165, 1.54) is 16.7 Å². The van der Waals surface area contributed by atoms with Crippen LogP contribution in [0.5, 0.6) is 5.75 Å². The molecule has 1 atom stereocenters. The van der Waals surface area contributed by atoms with E-state index >= 15 is 0 Å². The van der Waals surface area contributed by atoms with Crippen molar-refractivity contribution < 1.29 is 4.74 Å². The van der Waals surface area contributed by atoms with Gasteiger partial charge >= 0.3 is 0 Å². The molecule has 0 saturated carbocycles. The van der Waals surface area contributed by atoms with Gasteiger partial charge in [0.2, 0.25) is 0 Å². The molecule has 0 aromatic heterocycles. The number of likely N-dealkylation sites (N-methyl/N-ethyl adjacent to an activating group) is 1. The highest BCUT2D eigenvalue weighted by Crippen LogP contribution is 2.31. The van der Waals surface area contributed by atoms with E-state index in [-0.39, 0.29) is 6.04 Å². The molecule has 2 aromatic carbocycles. The van der Waals surface area contributed by atoms with Crippen LogP contribution < -0.4 is 10.1 Å². The zero-order valence-corrected chi connectivity index (χ0v) is 15.3. The van der Waals surface area contributed by atoms with Crippen LogP contribution >= 0.6 is 15.9 Å². The Bertz CT molecular complexity index is 655. The molecule has 0 spiro atoms. The molecule has 1 unspecified atom stereocenters. The van der Waals surface area contributed by atoms with Crippen LogP contribution in [0.3, 0.4) is 0 Å². The molecular formula is C19H23BrN2O. The summed E-state index contributed by atoms with van der Waals surface area (Å²) in [7, 11) is 4.12. The first kappa shape index (κ1) is 16.5. The minimum absolute atomic E-state index is 0.266. The summed E-state index contributed by atoms with van der Waals surface area (Å²) in [5, 5.41) is 3.63. The third-order valence-corrected chi connectivity index (χ3v) is 4.71. The highest BCUT2D eigenvalue weighted by atomic mass is 79.9. The van der Waals surface area contributed by atoms with Crippen LogP contribution in [0.4, 0.5) is 0 Å². The van der Waals surface area contributed by atoms with E-state index in [9.17, 15) is 0 Å². The number of rotatable bonds is 5. The normalized spacial score (nSPS) is 17.1. The van der Waals surface area contributed by atoms with E-state index in [1.54, 1.807) is 0 Å². The zero-order valence-electron chi connectivity index (χ0n) is 13.7. The Morgan fingerprint density at radius 3 is 2.70 bits per heavy atom. The van der Waals surface area contributed by atoms with Crippen LogP contribution in [0.1, 0.15) is 22.7 Å². The second-order valence-corrected chi connectivity index (χ2v) is 7.12. The van der Waals surface area contributed by atoms with Crippen molar-refractivity contribution in [3.05, 3.63) is 63.6 Å². The van der Waals surface area contributed by atoms with E-state index in [4.69, 9.17) is 4.74 Å². The average molecular weight is 375 g/mol. The summed E-state index contributed by atoms with van der Waals surface area (Å²) in [4.78, 5) is 2.13. The Labute approximate surface area is 146 Å². The fourth-order valence-corrected chi connectivity index (χ4v) is 3.19. The summed E-state index contributed by atoms with van der Waals surface area (Å²) in [6.45, 7) is 2.65. The SMILES string of the molecule is CN(C)CCOc1ccc2c(c1)CCNC2c1ccc(Br)cc1. The lowest BCUT2D eigenvalue weighted by molar-refractivity contribution is 0.261. The predicted molar refractivity (Wildman–Crippen MR) is 98.2 cm³/mol. The summed E-state index contributed by atoms with van der Waals surface area (Å²) < 4.78 is 6.98. The molecule has 0 aliphatic carbocycles. The van der Waals surface area contributed by atoms with Gasteiger partial charge in [-0.05, 0) is 61.5 Å². The first-order chi connectivity index (χ1) is 11.1. The smallest absolute Gasteiger partial charge is 0.119 e. The minimum Gasteiger partial charge on any atom is -0.492 e. The Morgan fingerprint density at radius 2 is 1.96 bits per heavy atom. The summed E-state index contributed by atoms with van der Waals surface area (Å²) >= 11 is 3.50. The summed E-state index contributed by atoms with van der Waals surface area (Å²) in [5.41, 5.74) is 4.05. The monoisotopic (exact) mass is 374 g/mol. The van der Waals surface area contributed by atoms with Gasteiger partial charge in [0.05, 0.1) is 6.04 Å². The molecule has 0 fully saturated rings. The van der Waals surface area contributed by atoms with Crippen LogP contribution in [0.2, 0.25) is 0 Å². The van der Waals surface area contributed by atoms with E-state index < -0.39 is 0 Å². The van der Waals surface area contributed by atoms with Crippen LogP contribution in [-0.4, -0.2) is 38.7 Å². The molecule has 0 bridgehead atoms. The third-order valence-electron chi connectivity index (χ3n) is 4.18. The van der Waals surface area contributed by atoms with Crippen LogP contribution in [0, 0.1) is 0 Å². The number of hydrogen-bond donors (Lipinski definition) is 1. The maximum absolute atomic E-state index is 5.87. The summed E-state index contributed by atoms with van der Waals surface area (Å²) in [6.07, 6.45) is 1.05. The molecule has 0 saturated heterocycles. The highest BCUT2D eigenvalue weighted by molar-refractivity contribution is 9.10. The Hall–Kier alpha value is -1.36. The van der Waals surface area contributed by atoms with Crippen molar-refractivity contribution in [3.63, 3.8) is 0 Å². The number of benzene rings is 2. The second-order valence-electron chi connectivity index (χ2n) is 6.20. The molecule has 122 valence electrons. The van der Waals surface area contributed by atoms with Crippen molar-refractivity contribution in [2.24, 2.45) is 0 Å². The van der Waals surface area contributed by atoms with Gasteiger partial charge in [-0.15, -0.1) is 0 Å². The number of fused-ring (bicyclic) bond motifs is 1. The molecule has 3 rings (SSSR count). The maximum atomic E-state index is 5.87. The number of nitrogens with zero attached hydrogens (tertiary/aromatic N) is 1. The van der Waals surface area contributed by atoms with Gasteiger partial charge in [0.25, 0.3) is 0 Å². The van der Waals surface area contributed by atoms with E-state index in [0.717, 1.165) is 36.3 Å². The van der Waals surface area contributed by atoms with E-state index in [2.05, 4.69) is 82.7 Å². The first-order valence-corrected chi connectivity index (χ1v) is 8.82. The molecule has 3 nitrogen and oxygen atoms in total. The molecule has 2 aromatic rings. The minimum atomic E-state index is 0.266. The van der Waals surface area contributed by atoms with Crippen molar-refractivity contribution >= 4 is 15.9 Å². The fourth-order valence-electron chi connectivity index (χ4n) is 2.93. The predicted octanol–water partition coefficient (Wildman–Crippen LogP) is 3.62. The zero-order chi connectivity index (χ0) is 16.2. The fraction of sp³-hybridized carbons (Fsp3) is 0.368. The Balaban J connectivity index is 1.78. The standard InChI is InChI=1S/C19H23BrN2O/c1-22(2)11-12-23-17-7-8-18-15(13-17)9-10-21-19(18)14-3-5-16(20)6-4-14/h3-8,13,19,21H,9-12H2,1-2H3. The Kier molecular flexibility index (Phi) is 5.36. The Morgan fingerprint density at radius 1 is 1.17 bits per heavy atom. The maximum Gasteiger partial charge on any atom is 0.119 e. The van der Waals surface area contributed by atoms with Gasteiger partial charge in [-0.25, -0.2) is 0 Å². The molecule has 0 amide bonds. The quantitative estimate of drug-likeness (QED) is 0.864. The van der Waals surface area contributed by atoms with Crippen LogP contribution in [-0.2, 0) is 6.42 Å². The van der Waals surface area contributed by atoms with Gasteiger partial charge in [-0.1, -0.05) is 34.1 Å².